The third kappa shape index (κ3) is 2.21. The van der Waals surface area contributed by atoms with E-state index in [4.69, 9.17) is 8.83 Å². The molecule has 0 aliphatic carbocycles. The molecular weight excluding hydrogens is 316 g/mol. The summed E-state index contributed by atoms with van der Waals surface area (Å²) in [5.74, 6) is 0.945. The van der Waals surface area contributed by atoms with E-state index in [0.717, 1.165) is 38.8 Å². The zero-order chi connectivity index (χ0) is 17.0. The first kappa shape index (κ1) is 13.9. The summed E-state index contributed by atoms with van der Waals surface area (Å²) in [5, 5.41) is 2.93. The molecular formula is C20H13N2O3+. The number of aromatic amines is 1. The monoisotopic (exact) mass is 329 g/mol. The number of H-pyrrole nitrogens is 1. The van der Waals surface area contributed by atoms with Gasteiger partial charge in [-0.25, -0.2) is 9.78 Å². The Kier molecular flexibility index (Phi) is 2.79. The van der Waals surface area contributed by atoms with E-state index >= 15 is 0 Å². The van der Waals surface area contributed by atoms with Crippen LogP contribution in [0.3, 0.4) is 0 Å². The highest BCUT2D eigenvalue weighted by molar-refractivity contribution is 6.01. The third-order valence-corrected chi connectivity index (χ3v) is 4.33. The van der Waals surface area contributed by atoms with Crippen LogP contribution in [-0.2, 0) is 0 Å². The molecule has 25 heavy (non-hydrogen) atoms. The number of hydrogen-bond acceptors (Lipinski definition) is 4. The number of rotatable bonds is 1. The minimum atomic E-state index is -0.582. The van der Waals surface area contributed by atoms with E-state index in [0.29, 0.717) is 11.1 Å². The molecule has 5 aromatic rings. The fourth-order valence-electron chi connectivity index (χ4n) is 3.23. The van der Waals surface area contributed by atoms with Gasteiger partial charge in [-0.2, -0.15) is 4.98 Å². The van der Waals surface area contributed by atoms with Gasteiger partial charge in [0.15, 0.2) is 11.8 Å². The summed E-state index contributed by atoms with van der Waals surface area (Å²) in [6, 6.07) is 15.7. The average molecular weight is 329 g/mol. The highest BCUT2D eigenvalue weighted by Crippen LogP contribution is 2.33. The molecule has 0 aliphatic rings. The van der Waals surface area contributed by atoms with Crippen molar-refractivity contribution in [1.82, 2.24) is 4.98 Å². The Bertz CT molecular complexity index is 1330. The van der Waals surface area contributed by atoms with Crippen molar-refractivity contribution in [2.75, 3.05) is 0 Å². The summed E-state index contributed by atoms with van der Waals surface area (Å²) < 4.78 is 11.2. The first-order valence-corrected chi connectivity index (χ1v) is 7.93. The maximum absolute atomic E-state index is 11.4. The van der Waals surface area contributed by atoms with Crippen molar-refractivity contribution in [1.29, 1.82) is 0 Å². The fourth-order valence-corrected chi connectivity index (χ4v) is 3.23. The van der Waals surface area contributed by atoms with E-state index in [1.807, 2.05) is 55.6 Å². The van der Waals surface area contributed by atoms with Gasteiger partial charge >= 0.3 is 5.76 Å². The highest BCUT2D eigenvalue weighted by atomic mass is 16.4. The minimum Gasteiger partial charge on any atom is -0.461 e. The first-order chi connectivity index (χ1) is 12.2. The molecule has 3 aromatic heterocycles. The van der Waals surface area contributed by atoms with Crippen molar-refractivity contribution < 1.29 is 13.8 Å². The molecule has 2 aromatic carbocycles. The van der Waals surface area contributed by atoms with Crippen molar-refractivity contribution in [3.8, 4) is 11.3 Å². The summed E-state index contributed by atoms with van der Waals surface area (Å²) in [7, 11) is 0. The van der Waals surface area contributed by atoms with Gasteiger partial charge in [-0.3, -0.25) is 0 Å². The van der Waals surface area contributed by atoms with Crippen molar-refractivity contribution in [3.05, 3.63) is 71.0 Å². The van der Waals surface area contributed by atoms with E-state index in [1.54, 1.807) is 0 Å². The van der Waals surface area contributed by atoms with Gasteiger partial charge in [0.25, 0.3) is 0 Å². The lowest BCUT2D eigenvalue weighted by molar-refractivity contribution is -0.344. The van der Waals surface area contributed by atoms with Crippen molar-refractivity contribution in [2.24, 2.45) is 0 Å². The van der Waals surface area contributed by atoms with Crippen LogP contribution >= 0.6 is 0 Å². The highest BCUT2D eigenvalue weighted by Gasteiger charge is 2.13. The molecule has 0 unspecified atom stereocenters. The average Bonchev–Trinajstić information content (AvgIpc) is 2.97. The molecule has 0 aliphatic heterocycles. The van der Waals surface area contributed by atoms with Gasteiger partial charge in [-0.1, -0.05) is 0 Å². The fraction of sp³-hybridized carbons (Fsp3) is 0.0500. The Morgan fingerprint density at radius 3 is 2.84 bits per heavy atom. The summed E-state index contributed by atoms with van der Waals surface area (Å²) in [4.78, 5) is 18.5. The van der Waals surface area contributed by atoms with Crippen LogP contribution in [0.4, 0.5) is 0 Å². The van der Waals surface area contributed by atoms with Crippen LogP contribution in [0.5, 0.6) is 0 Å². The third-order valence-electron chi connectivity index (χ3n) is 4.33. The summed E-state index contributed by atoms with van der Waals surface area (Å²) in [6.07, 6.45) is 1.90. The lowest BCUT2D eigenvalue weighted by atomic mass is 10.0. The summed E-state index contributed by atoms with van der Waals surface area (Å²) >= 11 is 0. The molecule has 0 amide bonds. The number of fused-ring (bicyclic) bond motifs is 3. The number of aromatic nitrogens is 2. The molecule has 3 heterocycles. The van der Waals surface area contributed by atoms with Crippen molar-refractivity contribution in [3.63, 3.8) is 0 Å². The van der Waals surface area contributed by atoms with Crippen LogP contribution in [-0.4, -0.2) is 4.98 Å². The van der Waals surface area contributed by atoms with Crippen molar-refractivity contribution >= 4 is 32.8 Å². The molecule has 0 atom stereocenters. The van der Waals surface area contributed by atoms with E-state index in [1.165, 1.54) is 0 Å². The molecule has 0 spiro atoms. The van der Waals surface area contributed by atoms with Crippen LogP contribution in [0.2, 0.25) is 0 Å². The Hall–Kier alpha value is -3.47. The standard InChI is InChI=1S/C20H12N2O3/c1-11-7-14-9-17-18(25-20(23)22-17)10-15(14)19(24-11)13-4-5-16-12(8-13)3-2-6-21-16/h2-10H,1H3/p+1. The largest absolute Gasteiger partial charge is 0.461 e. The van der Waals surface area contributed by atoms with Gasteiger partial charge in [-0.05, 0) is 48.7 Å². The Balaban J connectivity index is 1.86. The predicted molar refractivity (Wildman–Crippen MR) is 94.3 cm³/mol. The van der Waals surface area contributed by atoms with Gasteiger partial charge in [0.1, 0.15) is 17.0 Å². The first-order valence-electron chi connectivity index (χ1n) is 7.93. The Morgan fingerprint density at radius 2 is 1.92 bits per heavy atom. The van der Waals surface area contributed by atoms with Gasteiger partial charge in [0.05, 0.1) is 0 Å². The van der Waals surface area contributed by atoms with Crippen LogP contribution in [0.25, 0.3) is 44.1 Å². The molecule has 0 fully saturated rings. The van der Waals surface area contributed by atoms with E-state index in [2.05, 4.69) is 16.0 Å². The number of nitrogens with one attached hydrogen (secondary N) is 1. The number of hydrogen-bond donors (Lipinski definition) is 0. The second-order valence-corrected chi connectivity index (χ2v) is 6.05. The molecule has 5 nitrogen and oxygen atoms in total. The molecule has 0 radical (unpaired) electrons. The predicted octanol–water partition coefficient (Wildman–Crippen LogP) is 3.88. The topological polar surface area (TPSA) is 70.4 Å². The number of aryl methyl sites for hydroxylation is 1. The number of benzene rings is 2. The molecule has 120 valence electrons. The number of oxazole rings is 1. The normalized spacial score (nSPS) is 11.6. The summed E-state index contributed by atoms with van der Waals surface area (Å²) in [6.45, 7) is 1.91. The maximum Gasteiger partial charge on any atom is 0.439 e. The number of nitrogens with zero attached hydrogens (tertiary/aromatic N) is 1. The van der Waals surface area contributed by atoms with Crippen LogP contribution in [0.15, 0.2) is 68.4 Å². The van der Waals surface area contributed by atoms with Gasteiger partial charge in [-0.15, -0.1) is 0 Å². The van der Waals surface area contributed by atoms with E-state index in [-0.39, 0.29) is 0 Å². The second-order valence-electron chi connectivity index (χ2n) is 6.05. The van der Waals surface area contributed by atoms with Gasteiger partial charge in [0.2, 0.25) is 5.52 Å². The SMILES string of the molecule is Cc1cc2cc3nc(=O)oc3cc2c(-c2ccc3[nH+]cccc3c2)o1. The lowest BCUT2D eigenvalue weighted by Gasteiger charge is -2.08. The lowest BCUT2D eigenvalue weighted by Crippen LogP contribution is -2.00. The second kappa shape index (κ2) is 5.01. The minimum absolute atomic E-state index is 0.465. The maximum atomic E-state index is 11.4. The molecule has 0 saturated heterocycles. The smallest absolute Gasteiger partial charge is 0.439 e. The quantitative estimate of drug-likeness (QED) is 0.468. The van der Waals surface area contributed by atoms with Gasteiger partial charge < -0.3 is 8.83 Å². The van der Waals surface area contributed by atoms with Gasteiger partial charge in [0, 0.05) is 28.5 Å². The van der Waals surface area contributed by atoms with E-state index < -0.39 is 5.76 Å². The van der Waals surface area contributed by atoms with Crippen LogP contribution in [0.1, 0.15) is 5.76 Å². The Morgan fingerprint density at radius 1 is 1.00 bits per heavy atom. The molecule has 0 saturated carbocycles. The Labute approximate surface area is 141 Å². The molecule has 0 bridgehead atoms. The molecule has 5 heteroatoms. The van der Waals surface area contributed by atoms with Crippen molar-refractivity contribution in [2.45, 2.75) is 6.92 Å². The zero-order valence-corrected chi connectivity index (χ0v) is 13.4. The zero-order valence-electron chi connectivity index (χ0n) is 13.4. The molecule has 5 rings (SSSR count). The van der Waals surface area contributed by atoms with Crippen LogP contribution < -0.4 is 10.7 Å². The molecule has 1 N–H and O–H groups in total. The van der Waals surface area contributed by atoms with E-state index in [9.17, 15) is 4.79 Å². The summed E-state index contributed by atoms with van der Waals surface area (Å²) in [5.41, 5.74) is 3.04. The number of pyridine rings is 1. The van der Waals surface area contributed by atoms with Crippen LogP contribution in [0, 0.1) is 6.92 Å².